The molecular weight excluding hydrogens is 380 g/mol. The van der Waals surface area contributed by atoms with Gasteiger partial charge < -0.3 is 19.4 Å². The summed E-state index contributed by atoms with van der Waals surface area (Å²) in [5.41, 5.74) is 1.30. The molecular formula is C20H20N2O5S. The first-order valence-corrected chi connectivity index (χ1v) is 9.72. The van der Waals surface area contributed by atoms with Crippen LogP contribution in [0.4, 0.5) is 5.69 Å². The number of carbonyl (C=O) groups excluding carboxylic acids is 3. The summed E-state index contributed by atoms with van der Waals surface area (Å²) in [5, 5.41) is 5.57. The predicted molar refractivity (Wildman–Crippen MR) is 107 cm³/mol. The van der Waals surface area contributed by atoms with Crippen LogP contribution in [-0.2, 0) is 20.8 Å². The van der Waals surface area contributed by atoms with E-state index in [1.807, 2.05) is 11.4 Å². The van der Waals surface area contributed by atoms with Crippen molar-refractivity contribution in [2.45, 2.75) is 20.4 Å². The van der Waals surface area contributed by atoms with Crippen LogP contribution < -0.4 is 5.32 Å². The highest BCUT2D eigenvalue weighted by atomic mass is 32.1. The van der Waals surface area contributed by atoms with Crippen molar-refractivity contribution in [3.8, 4) is 0 Å². The van der Waals surface area contributed by atoms with Gasteiger partial charge in [-0.2, -0.15) is 0 Å². The lowest BCUT2D eigenvalue weighted by atomic mass is 10.2. The number of ether oxygens (including phenoxy) is 2. The maximum absolute atomic E-state index is 12.5. The van der Waals surface area contributed by atoms with Gasteiger partial charge >= 0.3 is 11.9 Å². The van der Waals surface area contributed by atoms with Crippen molar-refractivity contribution in [1.29, 1.82) is 0 Å². The Labute approximate surface area is 165 Å². The second-order valence-electron chi connectivity index (χ2n) is 5.86. The fourth-order valence-electron chi connectivity index (χ4n) is 2.75. The number of nitrogens with one attached hydrogen (secondary N) is 1. The van der Waals surface area contributed by atoms with E-state index >= 15 is 0 Å². The molecule has 3 rings (SSSR count). The molecule has 0 atom stereocenters. The normalized spacial score (nSPS) is 10.6. The molecule has 1 amide bonds. The van der Waals surface area contributed by atoms with Crippen LogP contribution in [0.5, 0.6) is 0 Å². The maximum atomic E-state index is 12.5. The highest BCUT2D eigenvalue weighted by Crippen LogP contribution is 2.26. The van der Waals surface area contributed by atoms with Crippen LogP contribution in [0.25, 0.3) is 10.2 Å². The first kappa shape index (κ1) is 19.6. The Bertz CT molecular complexity index is 1000. The van der Waals surface area contributed by atoms with Gasteiger partial charge in [-0.1, -0.05) is 0 Å². The molecule has 3 aromatic rings. The molecule has 0 aliphatic carbocycles. The number of benzene rings is 1. The van der Waals surface area contributed by atoms with E-state index in [0.29, 0.717) is 23.6 Å². The van der Waals surface area contributed by atoms with Crippen LogP contribution in [0, 0.1) is 0 Å². The Morgan fingerprint density at radius 1 is 1.00 bits per heavy atom. The van der Waals surface area contributed by atoms with Gasteiger partial charge in [0.1, 0.15) is 17.1 Å². The lowest BCUT2D eigenvalue weighted by molar-refractivity contribution is -0.116. The second kappa shape index (κ2) is 8.71. The summed E-state index contributed by atoms with van der Waals surface area (Å²) in [6, 6.07) is 10.1. The first-order chi connectivity index (χ1) is 13.5. The van der Waals surface area contributed by atoms with E-state index < -0.39 is 11.9 Å². The van der Waals surface area contributed by atoms with E-state index in [9.17, 15) is 14.4 Å². The molecule has 0 fully saturated rings. The van der Waals surface area contributed by atoms with Gasteiger partial charge in [-0.05, 0) is 55.6 Å². The minimum Gasteiger partial charge on any atom is -0.462 e. The molecule has 0 saturated heterocycles. The molecule has 8 heteroatoms. The average Bonchev–Trinajstić information content (AvgIpc) is 3.25. The van der Waals surface area contributed by atoms with E-state index in [4.69, 9.17) is 9.47 Å². The van der Waals surface area contributed by atoms with Gasteiger partial charge in [0, 0.05) is 11.1 Å². The van der Waals surface area contributed by atoms with Crippen molar-refractivity contribution >= 4 is 45.1 Å². The molecule has 7 nitrogen and oxygen atoms in total. The van der Waals surface area contributed by atoms with Crippen LogP contribution in [0.15, 0.2) is 41.8 Å². The number of anilines is 1. The number of hydrogen-bond donors (Lipinski definition) is 1. The number of hydrogen-bond acceptors (Lipinski definition) is 6. The third-order valence-corrected chi connectivity index (χ3v) is 4.92. The summed E-state index contributed by atoms with van der Waals surface area (Å²) >= 11 is 1.45. The molecule has 0 radical (unpaired) electrons. The molecule has 0 aliphatic heterocycles. The third-order valence-electron chi connectivity index (χ3n) is 3.97. The minimum absolute atomic E-state index is 0.0300. The predicted octanol–water partition coefficient (Wildman–Crippen LogP) is 3.69. The number of amides is 1. The Balaban J connectivity index is 1.74. The zero-order chi connectivity index (χ0) is 20.1. The molecule has 1 N–H and O–H groups in total. The fourth-order valence-corrected chi connectivity index (χ4v) is 3.65. The molecule has 2 heterocycles. The summed E-state index contributed by atoms with van der Waals surface area (Å²) < 4.78 is 11.7. The SMILES string of the molecule is CCOC(=O)c1ccc(NC(=O)Cn2c(C(=O)OCC)cc3ccsc32)cc1. The number of rotatable bonds is 7. The lowest BCUT2D eigenvalue weighted by Crippen LogP contribution is -2.21. The number of thiophene rings is 1. The monoisotopic (exact) mass is 400 g/mol. The van der Waals surface area contributed by atoms with Gasteiger partial charge in [0.25, 0.3) is 0 Å². The van der Waals surface area contributed by atoms with E-state index in [1.165, 1.54) is 11.3 Å². The van der Waals surface area contributed by atoms with Crippen LogP contribution >= 0.6 is 11.3 Å². The summed E-state index contributed by atoms with van der Waals surface area (Å²) in [5.74, 6) is -1.16. The average molecular weight is 400 g/mol. The van der Waals surface area contributed by atoms with E-state index in [-0.39, 0.29) is 19.1 Å². The molecule has 146 valence electrons. The zero-order valence-electron chi connectivity index (χ0n) is 15.6. The van der Waals surface area contributed by atoms with Crippen molar-refractivity contribution in [3.05, 3.63) is 53.0 Å². The van der Waals surface area contributed by atoms with Crippen LogP contribution in [0.1, 0.15) is 34.7 Å². The van der Waals surface area contributed by atoms with Gasteiger partial charge in [-0.3, -0.25) is 4.79 Å². The number of nitrogens with zero attached hydrogens (tertiary/aromatic N) is 1. The number of aromatic nitrogens is 1. The molecule has 0 aliphatic rings. The van der Waals surface area contributed by atoms with Gasteiger partial charge in [0.2, 0.25) is 5.91 Å². The maximum Gasteiger partial charge on any atom is 0.355 e. The fraction of sp³-hybridized carbons (Fsp3) is 0.250. The van der Waals surface area contributed by atoms with E-state index in [0.717, 1.165) is 10.2 Å². The molecule has 0 unspecified atom stereocenters. The molecule has 0 bridgehead atoms. The summed E-state index contributed by atoms with van der Waals surface area (Å²) in [7, 11) is 0. The van der Waals surface area contributed by atoms with Crippen LogP contribution in [0.3, 0.4) is 0 Å². The zero-order valence-corrected chi connectivity index (χ0v) is 16.4. The first-order valence-electron chi connectivity index (χ1n) is 8.84. The smallest absolute Gasteiger partial charge is 0.355 e. The van der Waals surface area contributed by atoms with E-state index in [1.54, 1.807) is 48.7 Å². The molecule has 2 aromatic heterocycles. The summed E-state index contributed by atoms with van der Waals surface area (Å²) in [6.45, 7) is 4.01. The quantitative estimate of drug-likeness (QED) is 0.611. The number of fused-ring (bicyclic) bond motifs is 1. The molecule has 28 heavy (non-hydrogen) atoms. The van der Waals surface area contributed by atoms with Gasteiger partial charge in [-0.25, -0.2) is 9.59 Å². The summed E-state index contributed by atoms with van der Waals surface area (Å²) in [6.07, 6.45) is 0. The van der Waals surface area contributed by atoms with E-state index in [2.05, 4.69) is 5.32 Å². The standard InChI is InChI=1S/C20H20N2O5S/c1-3-26-19(24)13-5-7-15(8-6-13)21-17(23)12-22-16(20(25)27-4-2)11-14-9-10-28-18(14)22/h5-11H,3-4,12H2,1-2H3,(H,21,23). The highest BCUT2D eigenvalue weighted by Gasteiger charge is 2.19. The van der Waals surface area contributed by atoms with Crippen LogP contribution in [0.2, 0.25) is 0 Å². The summed E-state index contributed by atoms with van der Waals surface area (Å²) in [4.78, 5) is 37.3. The lowest BCUT2D eigenvalue weighted by Gasteiger charge is -2.10. The highest BCUT2D eigenvalue weighted by molar-refractivity contribution is 7.16. The van der Waals surface area contributed by atoms with Crippen molar-refractivity contribution in [2.24, 2.45) is 0 Å². The van der Waals surface area contributed by atoms with Crippen LogP contribution in [-0.4, -0.2) is 35.6 Å². The van der Waals surface area contributed by atoms with Gasteiger partial charge in [-0.15, -0.1) is 11.3 Å². The molecule has 0 spiro atoms. The number of carbonyl (C=O) groups is 3. The number of esters is 2. The Kier molecular flexibility index (Phi) is 6.10. The minimum atomic E-state index is -0.461. The largest absolute Gasteiger partial charge is 0.462 e. The Morgan fingerprint density at radius 3 is 2.36 bits per heavy atom. The Hall–Kier alpha value is -3.13. The van der Waals surface area contributed by atoms with Gasteiger partial charge in [0.05, 0.1) is 18.8 Å². The van der Waals surface area contributed by atoms with Gasteiger partial charge in [0.15, 0.2) is 0 Å². The van der Waals surface area contributed by atoms with Crippen molar-refractivity contribution in [3.63, 3.8) is 0 Å². The third kappa shape index (κ3) is 4.23. The second-order valence-corrected chi connectivity index (χ2v) is 6.76. The molecule has 0 saturated carbocycles. The molecule has 1 aromatic carbocycles. The van der Waals surface area contributed by atoms with Crippen molar-refractivity contribution < 1.29 is 23.9 Å². The van der Waals surface area contributed by atoms with Crippen molar-refractivity contribution in [1.82, 2.24) is 4.57 Å². The Morgan fingerprint density at radius 2 is 1.68 bits per heavy atom. The van der Waals surface area contributed by atoms with Crippen molar-refractivity contribution in [2.75, 3.05) is 18.5 Å². The topological polar surface area (TPSA) is 86.6 Å².